The summed E-state index contributed by atoms with van der Waals surface area (Å²) in [6.07, 6.45) is 0. The molecule has 42 heavy (non-hydrogen) atoms. The highest BCUT2D eigenvalue weighted by atomic mass is 15.1. The second-order valence-corrected chi connectivity index (χ2v) is 10.9. The average molecular weight is 545 g/mol. The Hall–Kier alpha value is -5.08. The summed E-state index contributed by atoms with van der Waals surface area (Å²) in [7, 11) is 0. The number of benzene rings is 6. The lowest BCUT2D eigenvalue weighted by molar-refractivity contribution is 1.22. The van der Waals surface area contributed by atoms with Gasteiger partial charge >= 0.3 is 0 Å². The molecule has 0 aliphatic rings. The van der Waals surface area contributed by atoms with E-state index < -0.39 is 0 Å². The van der Waals surface area contributed by atoms with Crippen molar-refractivity contribution in [2.24, 2.45) is 0 Å². The van der Waals surface area contributed by atoms with Crippen molar-refractivity contribution >= 4 is 34.1 Å². The van der Waals surface area contributed by atoms with E-state index in [0.29, 0.717) is 0 Å². The maximum absolute atomic E-state index is 2.36. The van der Waals surface area contributed by atoms with Crippen LogP contribution in [0.25, 0.3) is 11.1 Å². The third kappa shape index (κ3) is 5.44. The number of rotatable bonds is 7. The molecule has 0 unspecified atom stereocenters. The Kier molecular flexibility index (Phi) is 7.62. The average Bonchev–Trinajstić information content (AvgIpc) is 3.01. The lowest BCUT2D eigenvalue weighted by Gasteiger charge is -2.29. The summed E-state index contributed by atoms with van der Waals surface area (Å²) in [5, 5.41) is 0. The highest BCUT2D eigenvalue weighted by Gasteiger charge is 2.18. The fourth-order valence-corrected chi connectivity index (χ4v) is 5.71. The number of hydrogen-bond donors (Lipinski definition) is 0. The smallest absolute Gasteiger partial charge is 0.0493 e. The molecule has 0 aliphatic heterocycles. The minimum atomic E-state index is 1.14. The second kappa shape index (κ2) is 11.8. The van der Waals surface area contributed by atoms with Crippen LogP contribution in [0, 0.1) is 27.7 Å². The molecule has 2 nitrogen and oxygen atoms in total. The van der Waals surface area contributed by atoms with Crippen LogP contribution in [0.4, 0.5) is 34.1 Å². The predicted octanol–water partition coefficient (Wildman–Crippen LogP) is 11.5. The molecule has 206 valence electrons. The van der Waals surface area contributed by atoms with Crippen LogP contribution in [-0.2, 0) is 0 Å². The molecule has 0 heterocycles. The van der Waals surface area contributed by atoms with Crippen molar-refractivity contribution in [3.63, 3.8) is 0 Å². The Balaban J connectivity index is 1.39. The van der Waals surface area contributed by atoms with E-state index in [2.05, 4.69) is 183 Å². The number of para-hydroxylation sites is 2. The van der Waals surface area contributed by atoms with Gasteiger partial charge in [0.1, 0.15) is 0 Å². The molecule has 0 amide bonds. The van der Waals surface area contributed by atoms with Crippen LogP contribution in [0.5, 0.6) is 0 Å². The summed E-state index contributed by atoms with van der Waals surface area (Å²) >= 11 is 0. The van der Waals surface area contributed by atoms with E-state index in [4.69, 9.17) is 0 Å². The second-order valence-electron chi connectivity index (χ2n) is 10.9. The van der Waals surface area contributed by atoms with Crippen LogP contribution >= 0.6 is 0 Å². The Morgan fingerprint density at radius 1 is 0.357 bits per heavy atom. The van der Waals surface area contributed by atoms with E-state index in [-0.39, 0.29) is 0 Å². The van der Waals surface area contributed by atoms with Gasteiger partial charge in [0.2, 0.25) is 0 Å². The van der Waals surface area contributed by atoms with Crippen LogP contribution in [0.3, 0.4) is 0 Å². The monoisotopic (exact) mass is 544 g/mol. The molecule has 0 aromatic heterocycles. The SMILES string of the molecule is Cc1cccc(N(c2ccccc2)c2ccc(-c3ccc(N(c4ccccc4)c4cccc(C)c4)c(C)c3C)cc2)c1. The normalized spacial score (nSPS) is 10.9. The van der Waals surface area contributed by atoms with E-state index in [1.54, 1.807) is 0 Å². The number of nitrogens with zero attached hydrogens (tertiary/aromatic N) is 2. The largest absolute Gasteiger partial charge is 0.310 e. The van der Waals surface area contributed by atoms with E-state index in [1.807, 2.05) is 0 Å². The fourth-order valence-electron chi connectivity index (χ4n) is 5.71. The lowest BCUT2D eigenvalue weighted by Crippen LogP contribution is -2.12. The van der Waals surface area contributed by atoms with E-state index >= 15 is 0 Å². The molecule has 6 aromatic rings. The minimum absolute atomic E-state index is 1.14. The third-order valence-corrected chi connectivity index (χ3v) is 7.98. The van der Waals surface area contributed by atoms with Gasteiger partial charge in [0.25, 0.3) is 0 Å². The van der Waals surface area contributed by atoms with Gasteiger partial charge in [-0.2, -0.15) is 0 Å². The fraction of sp³-hybridized carbons (Fsp3) is 0.100. The van der Waals surface area contributed by atoms with Gasteiger partial charge in [0.05, 0.1) is 0 Å². The lowest BCUT2D eigenvalue weighted by atomic mass is 9.94. The van der Waals surface area contributed by atoms with Crippen LogP contribution in [0.2, 0.25) is 0 Å². The van der Waals surface area contributed by atoms with Gasteiger partial charge in [-0.1, -0.05) is 78.9 Å². The van der Waals surface area contributed by atoms with Gasteiger partial charge in [0.15, 0.2) is 0 Å². The van der Waals surface area contributed by atoms with Gasteiger partial charge in [-0.25, -0.2) is 0 Å². The van der Waals surface area contributed by atoms with Crippen molar-refractivity contribution in [2.75, 3.05) is 9.80 Å². The molecule has 0 N–H and O–H groups in total. The minimum Gasteiger partial charge on any atom is -0.310 e. The zero-order chi connectivity index (χ0) is 29.1. The Morgan fingerprint density at radius 3 is 1.38 bits per heavy atom. The van der Waals surface area contributed by atoms with Gasteiger partial charge in [-0.3, -0.25) is 0 Å². The van der Waals surface area contributed by atoms with Crippen molar-refractivity contribution in [3.05, 3.63) is 168 Å². The van der Waals surface area contributed by atoms with Gasteiger partial charge in [-0.05, 0) is 128 Å². The van der Waals surface area contributed by atoms with Gasteiger partial charge < -0.3 is 9.80 Å². The molecule has 6 rings (SSSR count). The molecule has 0 fully saturated rings. The summed E-state index contributed by atoms with van der Waals surface area (Å²) in [6.45, 7) is 8.77. The van der Waals surface area contributed by atoms with Crippen LogP contribution < -0.4 is 9.80 Å². The molecule has 0 radical (unpaired) electrons. The van der Waals surface area contributed by atoms with Gasteiger partial charge in [-0.15, -0.1) is 0 Å². The first-order valence-electron chi connectivity index (χ1n) is 14.5. The maximum Gasteiger partial charge on any atom is 0.0493 e. The summed E-state index contributed by atoms with van der Waals surface area (Å²) in [5.41, 5.74) is 14.5. The standard InChI is InChI=1S/C40H36N2/c1-29-13-11-19-37(27-29)41(34-15-7-5-8-16-34)36-23-21-33(22-24-36)39-25-26-40(32(4)31(39)3)42(35-17-9-6-10-18-35)38-20-12-14-30(2)28-38/h5-28H,1-4H3. The van der Waals surface area contributed by atoms with Crippen molar-refractivity contribution < 1.29 is 0 Å². The van der Waals surface area contributed by atoms with Crippen LogP contribution in [0.15, 0.2) is 146 Å². The highest BCUT2D eigenvalue weighted by Crippen LogP contribution is 2.41. The van der Waals surface area contributed by atoms with E-state index in [9.17, 15) is 0 Å². The molecule has 0 atom stereocenters. The maximum atomic E-state index is 2.36. The van der Waals surface area contributed by atoms with Gasteiger partial charge in [0, 0.05) is 34.1 Å². The number of hydrogen-bond acceptors (Lipinski definition) is 2. The Labute approximate surface area is 250 Å². The molecule has 0 aliphatic carbocycles. The van der Waals surface area contributed by atoms with E-state index in [1.165, 1.54) is 39.1 Å². The quantitative estimate of drug-likeness (QED) is 0.197. The molecule has 0 bridgehead atoms. The number of anilines is 6. The van der Waals surface area contributed by atoms with Crippen molar-refractivity contribution in [1.29, 1.82) is 0 Å². The zero-order valence-electron chi connectivity index (χ0n) is 24.8. The summed E-state index contributed by atoms with van der Waals surface area (Å²) in [6, 6.07) is 52.1. The molecule has 2 heteroatoms. The highest BCUT2D eigenvalue weighted by molar-refractivity contribution is 5.84. The summed E-state index contributed by atoms with van der Waals surface area (Å²) in [5.74, 6) is 0. The predicted molar refractivity (Wildman–Crippen MR) is 180 cm³/mol. The number of aryl methyl sites for hydroxylation is 2. The zero-order valence-corrected chi connectivity index (χ0v) is 24.8. The third-order valence-electron chi connectivity index (χ3n) is 7.98. The first-order chi connectivity index (χ1) is 20.5. The Morgan fingerprint density at radius 2 is 0.833 bits per heavy atom. The first-order valence-corrected chi connectivity index (χ1v) is 14.5. The molecular formula is C40H36N2. The van der Waals surface area contributed by atoms with Crippen molar-refractivity contribution in [2.45, 2.75) is 27.7 Å². The van der Waals surface area contributed by atoms with Crippen LogP contribution in [-0.4, -0.2) is 0 Å². The molecular weight excluding hydrogens is 508 g/mol. The van der Waals surface area contributed by atoms with Crippen molar-refractivity contribution in [3.8, 4) is 11.1 Å². The summed E-state index contributed by atoms with van der Waals surface area (Å²) < 4.78 is 0. The molecule has 0 saturated carbocycles. The Bertz CT molecular complexity index is 1810. The molecule has 6 aromatic carbocycles. The molecule has 0 saturated heterocycles. The molecule has 0 spiro atoms. The van der Waals surface area contributed by atoms with E-state index in [0.717, 1.165) is 28.4 Å². The van der Waals surface area contributed by atoms with Crippen LogP contribution in [0.1, 0.15) is 22.3 Å². The topological polar surface area (TPSA) is 6.48 Å². The summed E-state index contributed by atoms with van der Waals surface area (Å²) in [4.78, 5) is 4.68. The first kappa shape index (κ1) is 27.1. The van der Waals surface area contributed by atoms with Crippen molar-refractivity contribution in [1.82, 2.24) is 0 Å².